The maximum atomic E-state index is 13.3. The quantitative estimate of drug-likeness (QED) is 0.663. The third-order valence-corrected chi connectivity index (χ3v) is 5.23. The zero-order chi connectivity index (χ0) is 21.0. The number of hydrogen-bond donors (Lipinski definition) is 2. The Balaban J connectivity index is 1.73. The van der Waals surface area contributed by atoms with E-state index in [1.807, 2.05) is 6.07 Å². The minimum Gasteiger partial charge on any atom is -0.322 e. The van der Waals surface area contributed by atoms with Gasteiger partial charge >= 0.3 is 0 Å². The molecule has 1 amide bonds. The number of amides is 1. The standard InChI is InChI=1S/C20H13F2N3O3S/c21-18-9-8-17(11-19(18)22)29(27,28)25-15-6-4-14(5-7-15)20(26)24-16-3-1-2-13(10-16)12-23/h1-11,25H,(H,24,26). The molecule has 0 aromatic heterocycles. The minimum absolute atomic E-state index is 0.137. The molecule has 3 aromatic rings. The fourth-order valence-corrected chi connectivity index (χ4v) is 3.49. The molecular formula is C20H13F2N3O3S. The highest BCUT2D eigenvalue weighted by Gasteiger charge is 2.17. The van der Waals surface area contributed by atoms with Crippen molar-refractivity contribution < 1.29 is 22.0 Å². The van der Waals surface area contributed by atoms with Crippen molar-refractivity contribution in [2.45, 2.75) is 4.90 Å². The minimum atomic E-state index is -4.13. The van der Waals surface area contributed by atoms with Gasteiger partial charge in [-0.15, -0.1) is 0 Å². The van der Waals surface area contributed by atoms with Crippen LogP contribution in [0.25, 0.3) is 0 Å². The molecule has 0 bridgehead atoms. The van der Waals surface area contributed by atoms with Crippen LogP contribution in [-0.2, 0) is 10.0 Å². The molecule has 29 heavy (non-hydrogen) atoms. The summed E-state index contributed by atoms with van der Waals surface area (Å²) in [6, 6.07) is 16.1. The van der Waals surface area contributed by atoms with Crippen LogP contribution in [0.1, 0.15) is 15.9 Å². The Morgan fingerprint density at radius 3 is 2.28 bits per heavy atom. The zero-order valence-corrected chi connectivity index (χ0v) is 15.5. The van der Waals surface area contributed by atoms with Gasteiger partial charge in [-0.25, -0.2) is 17.2 Å². The first-order chi connectivity index (χ1) is 13.8. The molecule has 6 nitrogen and oxygen atoms in total. The third kappa shape index (κ3) is 4.75. The van der Waals surface area contributed by atoms with Gasteiger partial charge in [-0.3, -0.25) is 9.52 Å². The van der Waals surface area contributed by atoms with Gasteiger partial charge in [0.05, 0.1) is 16.5 Å². The van der Waals surface area contributed by atoms with E-state index in [1.54, 1.807) is 18.2 Å². The van der Waals surface area contributed by atoms with Crippen LogP contribution in [0.3, 0.4) is 0 Å². The van der Waals surface area contributed by atoms with Crippen molar-refractivity contribution >= 4 is 27.3 Å². The fourth-order valence-electron chi connectivity index (χ4n) is 2.42. The highest BCUT2D eigenvalue weighted by atomic mass is 32.2. The highest BCUT2D eigenvalue weighted by molar-refractivity contribution is 7.92. The summed E-state index contributed by atoms with van der Waals surface area (Å²) in [5, 5.41) is 11.5. The zero-order valence-electron chi connectivity index (χ0n) is 14.7. The second kappa shape index (κ2) is 8.08. The molecule has 0 atom stereocenters. The van der Waals surface area contributed by atoms with Crippen LogP contribution in [-0.4, -0.2) is 14.3 Å². The van der Waals surface area contributed by atoms with E-state index in [9.17, 15) is 22.0 Å². The molecule has 0 unspecified atom stereocenters. The van der Waals surface area contributed by atoms with E-state index >= 15 is 0 Å². The van der Waals surface area contributed by atoms with E-state index in [2.05, 4.69) is 10.0 Å². The van der Waals surface area contributed by atoms with E-state index in [4.69, 9.17) is 5.26 Å². The number of anilines is 2. The lowest BCUT2D eigenvalue weighted by Crippen LogP contribution is -2.14. The number of nitriles is 1. The molecule has 0 spiro atoms. The number of benzene rings is 3. The number of carbonyl (C=O) groups is 1. The van der Waals surface area contributed by atoms with E-state index in [0.717, 1.165) is 12.1 Å². The van der Waals surface area contributed by atoms with Crippen molar-refractivity contribution in [3.63, 3.8) is 0 Å². The number of carbonyl (C=O) groups excluding carboxylic acids is 1. The second-order valence-corrected chi connectivity index (χ2v) is 7.59. The molecule has 3 rings (SSSR count). The van der Waals surface area contributed by atoms with Crippen LogP contribution in [0, 0.1) is 23.0 Å². The first kappa shape index (κ1) is 20.0. The molecule has 0 aliphatic carbocycles. The van der Waals surface area contributed by atoms with Crippen molar-refractivity contribution in [2.24, 2.45) is 0 Å². The summed E-state index contributed by atoms with van der Waals surface area (Å²) in [7, 11) is -4.13. The lowest BCUT2D eigenvalue weighted by atomic mass is 10.1. The van der Waals surface area contributed by atoms with Gasteiger partial charge in [-0.2, -0.15) is 5.26 Å². The lowest BCUT2D eigenvalue weighted by molar-refractivity contribution is 0.102. The molecule has 3 aromatic carbocycles. The van der Waals surface area contributed by atoms with Gasteiger partial charge < -0.3 is 5.32 Å². The Morgan fingerprint density at radius 1 is 0.897 bits per heavy atom. The molecule has 0 saturated carbocycles. The average Bonchev–Trinajstić information content (AvgIpc) is 2.70. The number of sulfonamides is 1. The first-order valence-corrected chi connectivity index (χ1v) is 9.66. The van der Waals surface area contributed by atoms with Gasteiger partial charge in [0.1, 0.15) is 0 Å². The molecule has 2 N–H and O–H groups in total. The van der Waals surface area contributed by atoms with Gasteiger partial charge in [-0.05, 0) is 60.7 Å². The fraction of sp³-hybridized carbons (Fsp3) is 0. The van der Waals surface area contributed by atoms with Crippen LogP contribution in [0.2, 0.25) is 0 Å². The summed E-state index contributed by atoms with van der Waals surface area (Å²) in [5.74, 6) is -2.88. The molecule has 0 heterocycles. The average molecular weight is 413 g/mol. The summed E-state index contributed by atoms with van der Waals surface area (Å²) >= 11 is 0. The van der Waals surface area contributed by atoms with E-state index in [-0.39, 0.29) is 11.3 Å². The van der Waals surface area contributed by atoms with Gasteiger partial charge in [0, 0.05) is 16.9 Å². The normalized spacial score (nSPS) is 10.8. The van der Waals surface area contributed by atoms with Crippen LogP contribution in [0.4, 0.5) is 20.2 Å². The number of rotatable bonds is 5. The Kier molecular flexibility index (Phi) is 5.57. The monoisotopic (exact) mass is 413 g/mol. The van der Waals surface area contributed by atoms with Gasteiger partial charge in [-0.1, -0.05) is 6.07 Å². The van der Waals surface area contributed by atoms with Crippen molar-refractivity contribution in [2.75, 3.05) is 10.0 Å². The van der Waals surface area contributed by atoms with Gasteiger partial charge in [0.2, 0.25) is 0 Å². The van der Waals surface area contributed by atoms with Crippen molar-refractivity contribution in [1.29, 1.82) is 5.26 Å². The molecule has 0 aliphatic heterocycles. The summed E-state index contributed by atoms with van der Waals surface area (Å²) in [6.45, 7) is 0. The summed E-state index contributed by atoms with van der Waals surface area (Å²) < 4.78 is 53.1. The van der Waals surface area contributed by atoms with E-state index < -0.39 is 32.5 Å². The molecule has 0 fully saturated rings. The molecule has 9 heteroatoms. The van der Waals surface area contributed by atoms with Crippen molar-refractivity contribution in [1.82, 2.24) is 0 Å². The van der Waals surface area contributed by atoms with Crippen LogP contribution in [0.15, 0.2) is 71.6 Å². The van der Waals surface area contributed by atoms with Gasteiger partial charge in [0.15, 0.2) is 11.6 Å². The number of halogens is 2. The Labute approximate surface area is 165 Å². The molecule has 0 aliphatic rings. The maximum absolute atomic E-state index is 13.3. The smallest absolute Gasteiger partial charge is 0.261 e. The molecule has 0 saturated heterocycles. The number of nitrogens with one attached hydrogen (secondary N) is 2. The van der Waals surface area contributed by atoms with Crippen molar-refractivity contribution in [3.05, 3.63) is 89.5 Å². The van der Waals surface area contributed by atoms with E-state index in [0.29, 0.717) is 17.3 Å². The predicted octanol–water partition coefficient (Wildman–Crippen LogP) is 3.89. The lowest BCUT2D eigenvalue weighted by Gasteiger charge is -2.10. The maximum Gasteiger partial charge on any atom is 0.261 e. The SMILES string of the molecule is N#Cc1cccc(NC(=O)c2ccc(NS(=O)(=O)c3ccc(F)c(F)c3)cc2)c1. The predicted molar refractivity (Wildman–Crippen MR) is 103 cm³/mol. The Hall–Kier alpha value is -3.77. The third-order valence-electron chi connectivity index (χ3n) is 3.85. The Morgan fingerprint density at radius 2 is 1.62 bits per heavy atom. The van der Waals surface area contributed by atoms with Crippen LogP contribution < -0.4 is 10.0 Å². The molecule has 0 radical (unpaired) electrons. The molecule has 146 valence electrons. The topological polar surface area (TPSA) is 99.1 Å². The molecular weight excluding hydrogens is 400 g/mol. The largest absolute Gasteiger partial charge is 0.322 e. The summed E-state index contributed by atoms with van der Waals surface area (Å²) in [6.07, 6.45) is 0. The summed E-state index contributed by atoms with van der Waals surface area (Å²) in [5.41, 5.74) is 1.22. The first-order valence-electron chi connectivity index (χ1n) is 8.18. The highest BCUT2D eigenvalue weighted by Crippen LogP contribution is 2.19. The second-order valence-electron chi connectivity index (χ2n) is 5.91. The number of hydrogen-bond acceptors (Lipinski definition) is 4. The summed E-state index contributed by atoms with van der Waals surface area (Å²) in [4.78, 5) is 11.9. The van der Waals surface area contributed by atoms with Crippen LogP contribution >= 0.6 is 0 Å². The Bertz CT molecular complexity index is 1220. The number of nitrogens with zero attached hydrogens (tertiary/aromatic N) is 1. The van der Waals surface area contributed by atoms with E-state index in [1.165, 1.54) is 30.3 Å². The van der Waals surface area contributed by atoms with Crippen molar-refractivity contribution in [3.8, 4) is 6.07 Å². The van der Waals surface area contributed by atoms with Crippen LogP contribution in [0.5, 0.6) is 0 Å². The van der Waals surface area contributed by atoms with Gasteiger partial charge in [0.25, 0.3) is 15.9 Å².